The minimum Gasteiger partial charge on any atom is -0.496 e. The summed E-state index contributed by atoms with van der Waals surface area (Å²) in [5.41, 5.74) is 5.14. The number of ether oxygens (including phenoxy) is 1. The molecule has 28 heavy (non-hydrogen) atoms. The highest BCUT2D eigenvalue weighted by molar-refractivity contribution is 5.96. The molecule has 0 N–H and O–H groups in total. The summed E-state index contributed by atoms with van der Waals surface area (Å²) in [6.45, 7) is 7.65. The third-order valence-electron chi connectivity index (χ3n) is 5.87. The lowest BCUT2D eigenvalue weighted by Crippen LogP contribution is -2.39. The van der Waals surface area contributed by atoms with E-state index in [2.05, 4.69) is 36.6 Å². The molecule has 1 aromatic heterocycles. The van der Waals surface area contributed by atoms with E-state index in [0.717, 1.165) is 54.1 Å². The number of nitrogens with zero attached hydrogens (tertiary/aromatic N) is 3. The number of fused-ring (bicyclic) bond motifs is 1. The van der Waals surface area contributed by atoms with Gasteiger partial charge in [-0.3, -0.25) is 4.79 Å². The van der Waals surface area contributed by atoms with Crippen LogP contribution in [0.25, 0.3) is 11.0 Å². The highest BCUT2D eigenvalue weighted by atomic mass is 16.5. The standard InChI is InChI=1S/C23H27N3O2/c1-15-8-9-20-21(14-15)26(17(3)24-20)18-10-12-25(13-11-18)23(27)19-6-5-7-22(28-4)16(19)2/h5-9,14,18H,10-13H2,1-4H3. The molecule has 1 saturated heterocycles. The molecule has 2 heterocycles. The molecular weight excluding hydrogens is 350 g/mol. The number of amides is 1. The summed E-state index contributed by atoms with van der Waals surface area (Å²) >= 11 is 0. The fourth-order valence-corrected chi connectivity index (χ4v) is 4.35. The van der Waals surface area contributed by atoms with E-state index in [1.54, 1.807) is 7.11 Å². The summed E-state index contributed by atoms with van der Waals surface area (Å²) in [6, 6.07) is 12.5. The van der Waals surface area contributed by atoms with Gasteiger partial charge in [0, 0.05) is 30.3 Å². The Hall–Kier alpha value is -2.82. The van der Waals surface area contributed by atoms with Crippen molar-refractivity contribution in [2.45, 2.75) is 39.7 Å². The smallest absolute Gasteiger partial charge is 0.254 e. The average Bonchev–Trinajstić information content (AvgIpc) is 3.02. The number of carbonyl (C=O) groups is 1. The fraction of sp³-hybridized carbons (Fsp3) is 0.391. The Balaban J connectivity index is 1.54. The first-order chi connectivity index (χ1) is 13.5. The Bertz CT molecular complexity index is 1030. The third kappa shape index (κ3) is 3.15. The second kappa shape index (κ2) is 7.30. The van der Waals surface area contributed by atoms with E-state index >= 15 is 0 Å². The molecule has 2 aromatic carbocycles. The van der Waals surface area contributed by atoms with E-state index in [1.165, 1.54) is 11.1 Å². The topological polar surface area (TPSA) is 47.4 Å². The Kier molecular flexibility index (Phi) is 4.84. The molecule has 0 atom stereocenters. The van der Waals surface area contributed by atoms with Gasteiger partial charge in [-0.1, -0.05) is 12.1 Å². The van der Waals surface area contributed by atoms with Crippen molar-refractivity contribution < 1.29 is 9.53 Å². The normalized spacial score (nSPS) is 15.2. The minimum atomic E-state index is 0.0953. The first-order valence-corrected chi connectivity index (χ1v) is 9.87. The van der Waals surface area contributed by atoms with Gasteiger partial charge in [0.25, 0.3) is 5.91 Å². The predicted molar refractivity (Wildman–Crippen MR) is 111 cm³/mol. The van der Waals surface area contributed by atoms with Crippen LogP contribution >= 0.6 is 0 Å². The Morgan fingerprint density at radius 3 is 2.57 bits per heavy atom. The first kappa shape index (κ1) is 18.5. The molecule has 1 fully saturated rings. The van der Waals surface area contributed by atoms with Gasteiger partial charge < -0.3 is 14.2 Å². The largest absolute Gasteiger partial charge is 0.496 e. The van der Waals surface area contributed by atoms with Crippen molar-refractivity contribution in [3.05, 3.63) is 58.9 Å². The number of hydrogen-bond acceptors (Lipinski definition) is 3. The van der Waals surface area contributed by atoms with Crippen molar-refractivity contribution in [1.82, 2.24) is 14.5 Å². The number of aromatic nitrogens is 2. The lowest BCUT2D eigenvalue weighted by Gasteiger charge is -2.34. The van der Waals surface area contributed by atoms with Crippen LogP contribution in [-0.4, -0.2) is 40.6 Å². The van der Waals surface area contributed by atoms with Crippen LogP contribution in [0, 0.1) is 20.8 Å². The maximum Gasteiger partial charge on any atom is 0.254 e. The van der Waals surface area contributed by atoms with Gasteiger partial charge in [-0.15, -0.1) is 0 Å². The van der Waals surface area contributed by atoms with Crippen molar-refractivity contribution in [2.75, 3.05) is 20.2 Å². The van der Waals surface area contributed by atoms with Crippen LogP contribution in [0.15, 0.2) is 36.4 Å². The Morgan fingerprint density at radius 1 is 1.11 bits per heavy atom. The van der Waals surface area contributed by atoms with Crippen LogP contribution < -0.4 is 4.74 Å². The number of methoxy groups -OCH3 is 1. The molecule has 0 radical (unpaired) electrons. The van der Waals surface area contributed by atoms with Gasteiger partial charge in [-0.25, -0.2) is 4.98 Å². The lowest BCUT2D eigenvalue weighted by molar-refractivity contribution is 0.0694. The van der Waals surface area contributed by atoms with Gasteiger partial charge in [-0.05, 0) is 63.4 Å². The van der Waals surface area contributed by atoms with E-state index in [0.29, 0.717) is 6.04 Å². The summed E-state index contributed by atoms with van der Waals surface area (Å²) in [6.07, 6.45) is 1.88. The first-order valence-electron chi connectivity index (χ1n) is 9.87. The zero-order valence-corrected chi connectivity index (χ0v) is 17.0. The van der Waals surface area contributed by atoms with Crippen LogP contribution in [0.4, 0.5) is 0 Å². The van der Waals surface area contributed by atoms with Crippen molar-refractivity contribution in [3.63, 3.8) is 0 Å². The third-order valence-corrected chi connectivity index (χ3v) is 5.87. The maximum atomic E-state index is 13.1. The van der Waals surface area contributed by atoms with Gasteiger partial charge >= 0.3 is 0 Å². The number of piperidine rings is 1. The van der Waals surface area contributed by atoms with E-state index in [9.17, 15) is 4.79 Å². The van der Waals surface area contributed by atoms with E-state index in [1.807, 2.05) is 30.0 Å². The highest BCUT2D eigenvalue weighted by Crippen LogP contribution is 2.30. The molecular formula is C23H27N3O2. The number of carbonyl (C=O) groups excluding carboxylic acids is 1. The molecule has 5 nitrogen and oxygen atoms in total. The Labute approximate surface area is 165 Å². The molecule has 0 aliphatic carbocycles. The van der Waals surface area contributed by atoms with E-state index < -0.39 is 0 Å². The molecule has 1 amide bonds. The molecule has 146 valence electrons. The van der Waals surface area contributed by atoms with Crippen LogP contribution in [0.1, 0.15) is 46.2 Å². The number of rotatable bonds is 3. The monoisotopic (exact) mass is 377 g/mol. The Morgan fingerprint density at radius 2 is 1.86 bits per heavy atom. The molecule has 1 aliphatic heterocycles. The van der Waals surface area contributed by atoms with E-state index in [-0.39, 0.29) is 5.91 Å². The van der Waals surface area contributed by atoms with Crippen LogP contribution in [0.5, 0.6) is 5.75 Å². The summed E-state index contributed by atoms with van der Waals surface area (Å²) in [4.78, 5) is 19.8. The molecule has 0 unspecified atom stereocenters. The average molecular weight is 377 g/mol. The minimum absolute atomic E-state index is 0.0953. The van der Waals surface area contributed by atoms with Gasteiger partial charge in [0.05, 0.1) is 18.1 Å². The molecule has 1 aliphatic rings. The SMILES string of the molecule is COc1cccc(C(=O)N2CCC(n3c(C)nc4ccc(C)cc43)CC2)c1C. The number of aryl methyl sites for hydroxylation is 2. The number of likely N-dealkylation sites (tertiary alicyclic amines) is 1. The maximum absolute atomic E-state index is 13.1. The second-order valence-corrected chi connectivity index (χ2v) is 7.68. The molecule has 0 saturated carbocycles. The summed E-state index contributed by atoms with van der Waals surface area (Å²) in [7, 11) is 1.64. The highest BCUT2D eigenvalue weighted by Gasteiger charge is 2.27. The number of hydrogen-bond donors (Lipinski definition) is 0. The molecule has 3 aromatic rings. The lowest BCUT2D eigenvalue weighted by atomic mass is 10.0. The van der Waals surface area contributed by atoms with Crippen molar-refractivity contribution in [1.29, 1.82) is 0 Å². The number of benzene rings is 2. The van der Waals surface area contributed by atoms with Gasteiger partial charge in [0.15, 0.2) is 0 Å². The zero-order valence-electron chi connectivity index (χ0n) is 17.0. The quantitative estimate of drug-likeness (QED) is 0.678. The van der Waals surface area contributed by atoms with Gasteiger partial charge in [-0.2, -0.15) is 0 Å². The molecule has 0 spiro atoms. The van der Waals surface area contributed by atoms with Crippen molar-refractivity contribution in [2.24, 2.45) is 0 Å². The van der Waals surface area contributed by atoms with Crippen LogP contribution in [0.2, 0.25) is 0 Å². The van der Waals surface area contributed by atoms with Crippen LogP contribution in [-0.2, 0) is 0 Å². The fourth-order valence-electron chi connectivity index (χ4n) is 4.35. The summed E-state index contributed by atoms with van der Waals surface area (Å²) in [5.74, 6) is 1.91. The van der Waals surface area contributed by atoms with Crippen LogP contribution in [0.3, 0.4) is 0 Å². The number of imidazole rings is 1. The summed E-state index contributed by atoms with van der Waals surface area (Å²) < 4.78 is 7.73. The molecule has 4 rings (SSSR count). The van der Waals surface area contributed by atoms with Crippen molar-refractivity contribution >= 4 is 16.9 Å². The van der Waals surface area contributed by atoms with Gasteiger partial charge in [0.1, 0.15) is 11.6 Å². The van der Waals surface area contributed by atoms with Gasteiger partial charge in [0.2, 0.25) is 0 Å². The van der Waals surface area contributed by atoms with E-state index in [4.69, 9.17) is 9.72 Å². The molecule has 0 bridgehead atoms. The molecule has 5 heteroatoms. The predicted octanol–water partition coefficient (Wildman–Crippen LogP) is 4.45. The second-order valence-electron chi connectivity index (χ2n) is 7.68. The zero-order chi connectivity index (χ0) is 19.8. The van der Waals surface area contributed by atoms with Crippen molar-refractivity contribution in [3.8, 4) is 5.75 Å². The summed E-state index contributed by atoms with van der Waals surface area (Å²) in [5, 5.41) is 0.